The van der Waals surface area contributed by atoms with Crippen molar-refractivity contribution >= 4 is 35.0 Å². The maximum absolute atomic E-state index is 11.8. The van der Waals surface area contributed by atoms with Gasteiger partial charge in [0.05, 0.1) is 5.75 Å². The summed E-state index contributed by atoms with van der Waals surface area (Å²) in [4.78, 5) is 12.8. The summed E-state index contributed by atoms with van der Waals surface area (Å²) >= 11 is 7.50. The van der Waals surface area contributed by atoms with Crippen molar-refractivity contribution in [2.24, 2.45) is 0 Å². The second-order valence-electron chi connectivity index (χ2n) is 4.23. The largest absolute Gasteiger partial charge is 0.399 e. The third kappa shape index (κ3) is 4.47. The molecule has 0 aliphatic heterocycles. The summed E-state index contributed by atoms with van der Waals surface area (Å²) in [7, 11) is 0. The van der Waals surface area contributed by atoms with Crippen molar-refractivity contribution in [3.8, 4) is 0 Å². The summed E-state index contributed by atoms with van der Waals surface area (Å²) in [6.45, 7) is 0.445. The lowest BCUT2D eigenvalue weighted by molar-refractivity contribution is -0.118. The first-order valence-corrected chi connectivity index (χ1v) is 7.50. The van der Waals surface area contributed by atoms with E-state index in [1.54, 1.807) is 0 Å². The number of amides is 1. The van der Waals surface area contributed by atoms with Gasteiger partial charge in [-0.2, -0.15) is 0 Å². The maximum atomic E-state index is 11.8. The Labute approximate surface area is 127 Å². The van der Waals surface area contributed by atoms with Gasteiger partial charge in [-0.1, -0.05) is 29.8 Å². The van der Waals surface area contributed by atoms with Crippen LogP contribution < -0.4 is 11.1 Å². The van der Waals surface area contributed by atoms with Gasteiger partial charge in [0.25, 0.3) is 0 Å². The van der Waals surface area contributed by atoms with Gasteiger partial charge >= 0.3 is 0 Å². The quantitative estimate of drug-likeness (QED) is 0.658. The fourth-order valence-electron chi connectivity index (χ4n) is 1.60. The molecular weight excluding hydrogens is 292 g/mol. The summed E-state index contributed by atoms with van der Waals surface area (Å²) in [6, 6.07) is 14.9. The molecule has 20 heavy (non-hydrogen) atoms. The van der Waals surface area contributed by atoms with Gasteiger partial charge in [-0.25, -0.2) is 0 Å². The molecule has 2 rings (SSSR count). The molecule has 1 amide bonds. The molecular formula is C15H15ClN2OS. The van der Waals surface area contributed by atoms with Crippen LogP contribution in [0.1, 0.15) is 5.56 Å². The molecule has 0 aromatic heterocycles. The molecule has 0 saturated carbocycles. The zero-order valence-electron chi connectivity index (χ0n) is 10.8. The lowest BCUT2D eigenvalue weighted by atomic mass is 10.2. The molecule has 5 heteroatoms. The van der Waals surface area contributed by atoms with Crippen LogP contribution in [0.25, 0.3) is 0 Å². The minimum Gasteiger partial charge on any atom is -0.399 e. The predicted octanol–water partition coefficient (Wildman–Crippen LogP) is 3.33. The molecule has 0 saturated heterocycles. The van der Waals surface area contributed by atoms with E-state index in [9.17, 15) is 4.79 Å². The second-order valence-corrected chi connectivity index (χ2v) is 5.68. The zero-order chi connectivity index (χ0) is 14.4. The van der Waals surface area contributed by atoms with Crippen LogP contribution >= 0.6 is 23.4 Å². The van der Waals surface area contributed by atoms with Crippen LogP contribution in [0.2, 0.25) is 5.02 Å². The fourth-order valence-corrected chi connectivity index (χ4v) is 2.53. The normalized spacial score (nSPS) is 10.2. The van der Waals surface area contributed by atoms with Crippen molar-refractivity contribution in [2.45, 2.75) is 11.4 Å². The first-order valence-electron chi connectivity index (χ1n) is 6.13. The number of nitrogen functional groups attached to an aromatic ring is 1. The zero-order valence-corrected chi connectivity index (χ0v) is 12.4. The smallest absolute Gasteiger partial charge is 0.230 e. The molecule has 0 aliphatic rings. The number of nitrogens with one attached hydrogen (secondary N) is 1. The van der Waals surface area contributed by atoms with Crippen molar-refractivity contribution in [3.05, 3.63) is 59.1 Å². The van der Waals surface area contributed by atoms with Crippen molar-refractivity contribution in [3.63, 3.8) is 0 Å². The van der Waals surface area contributed by atoms with Crippen LogP contribution in [0, 0.1) is 0 Å². The van der Waals surface area contributed by atoms with E-state index in [1.165, 1.54) is 11.8 Å². The van der Waals surface area contributed by atoms with Gasteiger partial charge in [-0.05, 0) is 35.9 Å². The fraction of sp³-hybridized carbons (Fsp3) is 0.133. The van der Waals surface area contributed by atoms with Gasteiger partial charge in [-0.3, -0.25) is 4.79 Å². The molecule has 2 aromatic rings. The molecule has 0 heterocycles. The molecule has 0 radical (unpaired) electrons. The van der Waals surface area contributed by atoms with E-state index >= 15 is 0 Å². The molecule has 3 N–H and O–H groups in total. The lowest BCUT2D eigenvalue weighted by Crippen LogP contribution is -2.24. The molecule has 3 nitrogen and oxygen atoms in total. The topological polar surface area (TPSA) is 55.1 Å². The Balaban J connectivity index is 1.78. The number of benzene rings is 2. The van der Waals surface area contributed by atoms with E-state index in [1.807, 2.05) is 48.5 Å². The average molecular weight is 307 g/mol. The second kappa shape index (κ2) is 7.22. The molecule has 0 atom stereocenters. The third-order valence-corrected chi connectivity index (χ3v) is 4.06. The number of carbonyl (C=O) groups excluding carboxylic acids is 1. The van der Waals surface area contributed by atoms with Crippen LogP contribution in [0.15, 0.2) is 53.4 Å². The van der Waals surface area contributed by atoms with Crippen molar-refractivity contribution < 1.29 is 4.79 Å². The monoisotopic (exact) mass is 306 g/mol. The van der Waals surface area contributed by atoms with Crippen LogP contribution in [-0.2, 0) is 11.3 Å². The first-order chi connectivity index (χ1) is 9.65. The summed E-state index contributed by atoms with van der Waals surface area (Å²) in [5, 5.41) is 3.52. The Morgan fingerprint density at radius 1 is 1.15 bits per heavy atom. The lowest BCUT2D eigenvalue weighted by Gasteiger charge is -2.07. The number of carbonyl (C=O) groups is 1. The van der Waals surface area contributed by atoms with Crippen LogP contribution in [-0.4, -0.2) is 11.7 Å². The van der Waals surface area contributed by atoms with Gasteiger partial charge in [0.2, 0.25) is 5.91 Å². The van der Waals surface area contributed by atoms with Crippen LogP contribution in [0.4, 0.5) is 5.69 Å². The highest BCUT2D eigenvalue weighted by molar-refractivity contribution is 8.00. The molecule has 0 spiro atoms. The van der Waals surface area contributed by atoms with E-state index in [2.05, 4.69) is 5.32 Å². The van der Waals surface area contributed by atoms with Crippen LogP contribution in [0.5, 0.6) is 0 Å². The Kier molecular flexibility index (Phi) is 5.32. The Morgan fingerprint density at radius 3 is 2.55 bits per heavy atom. The summed E-state index contributed by atoms with van der Waals surface area (Å²) in [5.41, 5.74) is 7.24. The standard InChI is InChI=1S/C15H15ClN2OS/c16-14-4-2-1-3-11(14)9-18-15(19)10-20-13-7-5-12(17)6-8-13/h1-8H,9-10,17H2,(H,18,19). The van der Waals surface area contributed by atoms with Crippen molar-refractivity contribution in [1.82, 2.24) is 5.32 Å². The van der Waals surface area contributed by atoms with E-state index in [-0.39, 0.29) is 5.91 Å². The van der Waals surface area contributed by atoms with Crippen molar-refractivity contribution in [1.29, 1.82) is 0 Å². The van der Waals surface area contributed by atoms with E-state index in [0.717, 1.165) is 16.1 Å². The minimum absolute atomic E-state index is 0.0215. The molecule has 2 aromatic carbocycles. The number of halogens is 1. The Morgan fingerprint density at radius 2 is 1.85 bits per heavy atom. The Bertz CT molecular complexity index is 587. The highest BCUT2D eigenvalue weighted by atomic mass is 35.5. The molecule has 0 aliphatic carbocycles. The number of hydrogen-bond donors (Lipinski definition) is 2. The molecule has 104 valence electrons. The SMILES string of the molecule is Nc1ccc(SCC(=O)NCc2ccccc2Cl)cc1. The summed E-state index contributed by atoms with van der Waals surface area (Å²) in [6.07, 6.45) is 0. The minimum atomic E-state index is -0.0215. The van der Waals surface area contributed by atoms with Gasteiger partial charge in [0.15, 0.2) is 0 Å². The molecule has 0 unspecified atom stereocenters. The van der Waals surface area contributed by atoms with Gasteiger partial charge in [0.1, 0.15) is 0 Å². The highest BCUT2D eigenvalue weighted by Crippen LogP contribution is 2.19. The highest BCUT2D eigenvalue weighted by Gasteiger charge is 2.04. The number of anilines is 1. The number of hydrogen-bond acceptors (Lipinski definition) is 3. The summed E-state index contributed by atoms with van der Waals surface area (Å²) in [5.74, 6) is 0.348. The number of nitrogens with two attached hydrogens (primary N) is 1. The first kappa shape index (κ1) is 14.8. The van der Waals surface area contributed by atoms with E-state index in [4.69, 9.17) is 17.3 Å². The number of thioether (sulfide) groups is 1. The van der Waals surface area contributed by atoms with Gasteiger partial charge < -0.3 is 11.1 Å². The predicted molar refractivity (Wildman–Crippen MR) is 84.9 cm³/mol. The Hall–Kier alpha value is -1.65. The van der Waals surface area contributed by atoms with Gasteiger partial charge in [-0.15, -0.1) is 11.8 Å². The van der Waals surface area contributed by atoms with E-state index in [0.29, 0.717) is 17.3 Å². The molecule has 0 bridgehead atoms. The van der Waals surface area contributed by atoms with E-state index < -0.39 is 0 Å². The third-order valence-electron chi connectivity index (χ3n) is 2.68. The van der Waals surface area contributed by atoms with Gasteiger partial charge in [0, 0.05) is 22.2 Å². The number of rotatable bonds is 5. The van der Waals surface area contributed by atoms with Crippen LogP contribution in [0.3, 0.4) is 0 Å². The molecule has 0 fully saturated rings. The summed E-state index contributed by atoms with van der Waals surface area (Å²) < 4.78 is 0. The maximum Gasteiger partial charge on any atom is 0.230 e. The van der Waals surface area contributed by atoms with Crippen molar-refractivity contribution in [2.75, 3.05) is 11.5 Å². The average Bonchev–Trinajstić information content (AvgIpc) is 2.46.